The smallest absolute Gasteiger partial charge is 0.0623 e. The molecule has 5 heteroatoms. The highest BCUT2D eigenvalue weighted by molar-refractivity contribution is 6.35. The third-order valence-corrected chi connectivity index (χ3v) is 3.61. The fraction of sp³-hybridized carbons (Fsp3) is 0.214. The summed E-state index contributed by atoms with van der Waals surface area (Å²) in [5, 5.41) is 11.3. The van der Waals surface area contributed by atoms with E-state index in [9.17, 15) is 5.11 Å². The van der Waals surface area contributed by atoms with Crippen LogP contribution < -0.4 is 5.73 Å². The maximum absolute atomic E-state index is 10.1. The van der Waals surface area contributed by atoms with E-state index in [1.807, 2.05) is 0 Å². The van der Waals surface area contributed by atoms with Crippen molar-refractivity contribution in [1.29, 1.82) is 0 Å². The lowest BCUT2D eigenvalue weighted by atomic mass is 10.0. The van der Waals surface area contributed by atoms with E-state index < -0.39 is 6.10 Å². The zero-order valence-corrected chi connectivity index (χ0v) is 11.7. The molecule has 1 heterocycles. The van der Waals surface area contributed by atoms with Gasteiger partial charge in [-0.05, 0) is 29.3 Å². The molecule has 0 fully saturated rings. The highest BCUT2D eigenvalue weighted by Gasteiger charge is 2.13. The number of benzene rings is 1. The molecule has 0 aliphatic carbocycles. The average molecular weight is 297 g/mol. The molecular weight excluding hydrogens is 283 g/mol. The molecule has 0 saturated carbocycles. The quantitative estimate of drug-likeness (QED) is 0.911. The number of nitrogen functional groups attached to an aromatic ring is 1. The number of pyridine rings is 1. The third kappa shape index (κ3) is 3.60. The zero-order valence-electron chi connectivity index (χ0n) is 10.2. The summed E-state index contributed by atoms with van der Waals surface area (Å²) < 4.78 is 0. The van der Waals surface area contributed by atoms with Gasteiger partial charge >= 0.3 is 0 Å². The minimum Gasteiger partial charge on any atom is -0.398 e. The number of aliphatic hydroxyl groups is 1. The normalized spacial score (nSPS) is 12.4. The predicted octanol–water partition coefficient (Wildman–Crippen LogP) is 3.12. The van der Waals surface area contributed by atoms with Crippen LogP contribution in [0.25, 0.3) is 0 Å². The molecule has 1 aromatic carbocycles. The van der Waals surface area contributed by atoms with Crippen LogP contribution in [0.5, 0.6) is 0 Å². The van der Waals surface area contributed by atoms with Gasteiger partial charge in [-0.15, -0.1) is 0 Å². The van der Waals surface area contributed by atoms with Gasteiger partial charge in [0.1, 0.15) is 0 Å². The molecule has 1 unspecified atom stereocenters. The third-order valence-electron chi connectivity index (χ3n) is 2.90. The van der Waals surface area contributed by atoms with E-state index in [-0.39, 0.29) is 0 Å². The van der Waals surface area contributed by atoms with Crippen LogP contribution in [0.2, 0.25) is 10.0 Å². The fourth-order valence-corrected chi connectivity index (χ4v) is 2.45. The zero-order chi connectivity index (χ0) is 13.8. The first-order chi connectivity index (χ1) is 9.08. The number of aromatic nitrogens is 1. The maximum atomic E-state index is 10.1. The molecule has 2 aromatic rings. The molecule has 0 aliphatic heterocycles. The van der Waals surface area contributed by atoms with Crippen molar-refractivity contribution in [3.63, 3.8) is 0 Å². The lowest BCUT2D eigenvalue weighted by molar-refractivity contribution is 0.175. The number of nitrogens with two attached hydrogens (primary N) is 1. The average Bonchev–Trinajstić information content (AvgIpc) is 2.37. The van der Waals surface area contributed by atoms with Crippen molar-refractivity contribution < 1.29 is 5.11 Å². The Bertz CT molecular complexity index is 555. The number of nitrogens with zero attached hydrogens (tertiary/aromatic N) is 1. The number of halogens is 2. The Labute approximate surface area is 122 Å². The number of rotatable bonds is 4. The second kappa shape index (κ2) is 6.24. The maximum Gasteiger partial charge on any atom is 0.0623 e. The van der Waals surface area contributed by atoms with Crippen LogP contribution in [0.15, 0.2) is 36.7 Å². The molecule has 0 amide bonds. The molecule has 19 heavy (non-hydrogen) atoms. The molecule has 100 valence electrons. The topological polar surface area (TPSA) is 59.1 Å². The predicted molar refractivity (Wildman–Crippen MR) is 78.5 cm³/mol. The summed E-state index contributed by atoms with van der Waals surface area (Å²) in [7, 11) is 0. The van der Waals surface area contributed by atoms with Crippen molar-refractivity contribution in [3.05, 3.63) is 57.8 Å². The minimum absolute atomic E-state index is 0.382. The van der Waals surface area contributed by atoms with Crippen molar-refractivity contribution in [2.24, 2.45) is 0 Å². The summed E-state index contributed by atoms with van der Waals surface area (Å²) >= 11 is 12.2. The van der Waals surface area contributed by atoms with Gasteiger partial charge in [0.2, 0.25) is 0 Å². The minimum atomic E-state index is -0.608. The van der Waals surface area contributed by atoms with Crippen LogP contribution in [0.4, 0.5) is 5.69 Å². The second-order valence-electron chi connectivity index (χ2n) is 4.34. The van der Waals surface area contributed by atoms with Crippen molar-refractivity contribution in [2.45, 2.75) is 18.9 Å². The van der Waals surface area contributed by atoms with Crippen molar-refractivity contribution in [1.82, 2.24) is 4.98 Å². The monoisotopic (exact) mass is 296 g/mol. The molecule has 0 spiro atoms. The highest BCUT2D eigenvalue weighted by atomic mass is 35.5. The van der Waals surface area contributed by atoms with Crippen LogP contribution >= 0.6 is 23.2 Å². The SMILES string of the molecule is Nc1ccncc1CC(O)Cc1c(Cl)cccc1Cl. The highest BCUT2D eigenvalue weighted by Crippen LogP contribution is 2.26. The summed E-state index contributed by atoms with van der Waals surface area (Å²) in [5.41, 5.74) is 8.01. The van der Waals surface area contributed by atoms with E-state index in [2.05, 4.69) is 4.98 Å². The van der Waals surface area contributed by atoms with E-state index in [4.69, 9.17) is 28.9 Å². The molecular formula is C14H14Cl2N2O. The van der Waals surface area contributed by atoms with Gasteiger partial charge in [-0.1, -0.05) is 29.3 Å². The van der Waals surface area contributed by atoms with E-state index in [1.54, 1.807) is 36.7 Å². The lowest BCUT2D eigenvalue weighted by Crippen LogP contribution is -2.15. The molecule has 0 bridgehead atoms. The molecule has 0 aliphatic rings. The summed E-state index contributed by atoms with van der Waals surface area (Å²) in [6, 6.07) is 7.01. The van der Waals surface area contributed by atoms with Crippen LogP contribution in [-0.2, 0) is 12.8 Å². The summed E-state index contributed by atoms with van der Waals surface area (Å²) in [6.45, 7) is 0. The van der Waals surface area contributed by atoms with Crippen LogP contribution in [0, 0.1) is 0 Å². The molecule has 0 saturated heterocycles. The Balaban J connectivity index is 2.10. The van der Waals surface area contributed by atoms with Gasteiger partial charge in [-0.3, -0.25) is 4.98 Å². The Morgan fingerprint density at radius 1 is 1.16 bits per heavy atom. The van der Waals surface area contributed by atoms with Crippen LogP contribution in [0.1, 0.15) is 11.1 Å². The second-order valence-corrected chi connectivity index (χ2v) is 5.15. The Morgan fingerprint density at radius 3 is 2.47 bits per heavy atom. The molecule has 3 nitrogen and oxygen atoms in total. The van der Waals surface area contributed by atoms with Gasteiger partial charge in [0.05, 0.1) is 6.10 Å². The summed E-state index contributed by atoms with van der Waals surface area (Å²) in [4.78, 5) is 4.00. The molecule has 1 aromatic heterocycles. The number of hydrogen-bond donors (Lipinski definition) is 2. The van der Waals surface area contributed by atoms with Crippen molar-refractivity contribution in [3.8, 4) is 0 Å². The van der Waals surface area contributed by atoms with E-state index in [0.29, 0.717) is 28.6 Å². The number of anilines is 1. The number of aliphatic hydroxyl groups excluding tert-OH is 1. The standard InChI is InChI=1S/C14H14Cl2N2O/c15-12-2-1-3-13(16)11(12)7-10(19)6-9-8-18-5-4-14(9)17/h1-5,8,10,19H,6-7H2,(H2,17,18). The van der Waals surface area contributed by atoms with Gasteiger partial charge in [-0.2, -0.15) is 0 Å². The van der Waals surface area contributed by atoms with Crippen molar-refractivity contribution >= 4 is 28.9 Å². The van der Waals surface area contributed by atoms with E-state index in [1.165, 1.54) is 0 Å². The first-order valence-electron chi connectivity index (χ1n) is 5.87. The van der Waals surface area contributed by atoms with Gasteiger partial charge < -0.3 is 10.8 Å². The van der Waals surface area contributed by atoms with E-state index >= 15 is 0 Å². The van der Waals surface area contributed by atoms with Gasteiger partial charge in [0, 0.05) is 41.0 Å². The summed E-state index contributed by atoms with van der Waals surface area (Å²) in [5.74, 6) is 0. The van der Waals surface area contributed by atoms with Crippen LogP contribution in [0.3, 0.4) is 0 Å². The Kier molecular flexibility index (Phi) is 4.64. The molecule has 3 N–H and O–H groups in total. The Hall–Kier alpha value is -1.29. The number of hydrogen-bond acceptors (Lipinski definition) is 3. The van der Waals surface area contributed by atoms with E-state index in [0.717, 1.165) is 11.1 Å². The fourth-order valence-electron chi connectivity index (χ4n) is 1.90. The van der Waals surface area contributed by atoms with Gasteiger partial charge in [0.15, 0.2) is 0 Å². The summed E-state index contributed by atoms with van der Waals surface area (Å²) in [6.07, 6.45) is 3.47. The molecule has 0 radical (unpaired) electrons. The first-order valence-corrected chi connectivity index (χ1v) is 6.63. The van der Waals surface area contributed by atoms with Crippen molar-refractivity contribution in [2.75, 3.05) is 5.73 Å². The first kappa shape index (κ1) is 14.1. The largest absolute Gasteiger partial charge is 0.398 e. The Morgan fingerprint density at radius 2 is 1.84 bits per heavy atom. The lowest BCUT2D eigenvalue weighted by Gasteiger charge is -2.14. The van der Waals surface area contributed by atoms with Crippen LogP contribution in [-0.4, -0.2) is 16.2 Å². The van der Waals surface area contributed by atoms with Gasteiger partial charge in [-0.25, -0.2) is 0 Å². The molecule has 2 rings (SSSR count). The molecule has 1 atom stereocenters. The van der Waals surface area contributed by atoms with Gasteiger partial charge in [0.25, 0.3) is 0 Å².